The van der Waals surface area contributed by atoms with Crippen molar-refractivity contribution in [1.82, 2.24) is 5.32 Å². The summed E-state index contributed by atoms with van der Waals surface area (Å²) in [5.74, 6) is -5.74. The van der Waals surface area contributed by atoms with Crippen LogP contribution in [-0.4, -0.2) is 191 Å². The SMILES string of the molecule is CC(=O)N[C@H]1C([C@H](O)[C@H](O)CO)O[C@@](O[C@@H]2[C@H](O)C(O[C@@H]3C(CO)O[C@@H](O)C(O)[C@H]3O)OC(CO)[C@@H]2O)(C(=O)O)C[C@H]1O. The minimum atomic E-state index is -3.02. The van der Waals surface area contributed by atoms with Gasteiger partial charge in [0.05, 0.1) is 32.0 Å². The third kappa shape index (κ3) is 7.41. The number of rotatable bonds is 11. The van der Waals surface area contributed by atoms with Gasteiger partial charge in [-0.15, -0.1) is 0 Å². The van der Waals surface area contributed by atoms with Crippen molar-refractivity contribution in [2.24, 2.45) is 0 Å². The van der Waals surface area contributed by atoms with Gasteiger partial charge in [-0.05, 0) is 0 Å². The minimum Gasteiger partial charge on any atom is -0.477 e. The average molecular weight is 634 g/mol. The number of aliphatic hydroxyl groups excluding tert-OH is 11. The number of hydrogen-bond donors (Lipinski definition) is 13. The number of aliphatic hydroxyl groups is 11. The van der Waals surface area contributed by atoms with Crippen molar-refractivity contribution in [3.63, 3.8) is 0 Å². The van der Waals surface area contributed by atoms with Gasteiger partial charge in [0.15, 0.2) is 12.6 Å². The van der Waals surface area contributed by atoms with Crippen molar-refractivity contribution in [2.45, 2.75) is 111 Å². The number of carbonyl (C=O) groups is 2. The van der Waals surface area contributed by atoms with E-state index in [1.54, 1.807) is 0 Å². The summed E-state index contributed by atoms with van der Waals surface area (Å²) in [7, 11) is 0. The predicted molar refractivity (Wildman–Crippen MR) is 130 cm³/mol. The van der Waals surface area contributed by atoms with Crippen LogP contribution in [0.1, 0.15) is 13.3 Å². The summed E-state index contributed by atoms with van der Waals surface area (Å²) in [5, 5.41) is 124. The smallest absolute Gasteiger partial charge is 0.364 e. The van der Waals surface area contributed by atoms with E-state index < -0.39 is 136 Å². The zero-order chi connectivity index (χ0) is 32.4. The van der Waals surface area contributed by atoms with E-state index in [2.05, 4.69) is 5.32 Å². The lowest BCUT2D eigenvalue weighted by atomic mass is 9.88. The number of ether oxygens (including phenoxy) is 5. The Morgan fingerprint density at radius 2 is 1.53 bits per heavy atom. The van der Waals surface area contributed by atoms with E-state index in [0.29, 0.717) is 0 Å². The Morgan fingerprint density at radius 1 is 0.907 bits per heavy atom. The summed E-state index contributed by atoms with van der Waals surface area (Å²) in [6.07, 6.45) is -27.8. The first-order valence-electron chi connectivity index (χ1n) is 13.2. The van der Waals surface area contributed by atoms with Crippen LogP contribution in [0.2, 0.25) is 0 Å². The highest BCUT2D eigenvalue weighted by Gasteiger charge is 2.60. The number of aliphatic carboxylic acids is 1. The van der Waals surface area contributed by atoms with Crippen molar-refractivity contribution in [3.05, 3.63) is 0 Å². The van der Waals surface area contributed by atoms with Gasteiger partial charge < -0.3 is 90.3 Å². The number of carboxylic acid groups (broad SMARTS) is 1. The van der Waals surface area contributed by atoms with Crippen molar-refractivity contribution in [2.75, 3.05) is 19.8 Å². The molecule has 0 saturated carbocycles. The van der Waals surface area contributed by atoms with Gasteiger partial charge in [0.2, 0.25) is 5.91 Å². The van der Waals surface area contributed by atoms with E-state index in [9.17, 15) is 70.9 Å². The van der Waals surface area contributed by atoms with Crippen LogP contribution in [0.25, 0.3) is 0 Å². The second kappa shape index (κ2) is 14.6. The summed E-state index contributed by atoms with van der Waals surface area (Å²) >= 11 is 0. The summed E-state index contributed by atoms with van der Waals surface area (Å²) in [5.41, 5.74) is 0. The number of carboxylic acids is 1. The fourth-order valence-corrected chi connectivity index (χ4v) is 5.16. The Labute approximate surface area is 243 Å². The van der Waals surface area contributed by atoms with Crippen LogP contribution in [0.4, 0.5) is 0 Å². The number of amides is 1. The predicted octanol–water partition coefficient (Wildman–Crippen LogP) is -8.22. The highest BCUT2D eigenvalue weighted by atomic mass is 16.8. The molecule has 20 nitrogen and oxygen atoms in total. The average Bonchev–Trinajstić information content (AvgIpc) is 2.96. The fourth-order valence-electron chi connectivity index (χ4n) is 5.16. The molecule has 3 rings (SSSR count). The standard InChI is InChI=1S/C23H39NO19/c1-6(28)24-11-7(29)2-23(22(37)38,42-18(11)12(31)8(30)3-25)43-19-13(32)9(4-26)40-21(16(19)35)41-17-10(5-27)39-20(36)15(34)14(17)33/h7-21,25-27,29-36H,2-5H2,1H3,(H,24,28)(H,37,38)/t7-,8-,9?,10?,11-,12-,13+,14-,15?,16+,17-,18?,19+,20-,21?,23+/m1/s1. The monoisotopic (exact) mass is 633 g/mol. The molecule has 3 fully saturated rings. The second-order valence-electron chi connectivity index (χ2n) is 10.5. The zero-order valence-electron chi connectivity index (χ0n) is 22.7. The molecule has 0 aromatic rings. The van der Waals surface area contributed by atoms with Gasteiger partial charge >= 0.3 is 5.97 Å². The van der Waals surface area contributed by atoms with Gasteiger partial charge in [-0.2, -0.15) is 0 Å². The van der Waals surface area contributed by atoms with Gasteiger partial charge in [-0.3, -0.25) is 4.79 Å². The van der Waals surface area contributed by atoms with E-state index in [1.165, 1.54) is 0 Å². The van der Waals surface area contributed by atoms with Crippen LogP contribution in [0.15, 0.2) is 0 Å². The van der Waals surface area contributed by atoms with E-state index in [0.717, 1.165) is 6.92 Å². The molecule has 3 aliphatic heterocycles. The summed E-state index contributed by atoms with van der Waals surface area (Å²) in [6.45, 7) is -1.85. The Bertz CT molecular complexity index is 942. The Morgan fingerprint density at radius 3 is 2.07 bits per heavy atom. The van der Waals surface area contributed by atoms with E-state index >= 15 is 0 Å². The molecule has 3 saturated heterocycles. The topological polar surface area (TPSA) is 335 Å². The molecule has 0 spiro atoms. The van der Waals surface area contributed by atoms with Crippen LogP contribution in [0, 0.1) is 0 Å². The van der Waals surface area contributed by atoms with Gasteiger partial charge in [0.1, 0.15) is 67.1 Å². The zero-order valence-corrected chi connectivity index (χ0v) is 22.7. The first-order valence-corrected chi connectivity index (χ1v) is 13.2. The molecule has 250 valence electrons. The molecule has 0 aliphatic carbocycles. The lowest BCUT2D eigenvalue weighted by Gasteiger charge is -2.50. The maximum atomic E-state index is 12.5. The summed E-state index contributed by atoms with van der Waals surface area (Å²) < 4.78 is 26.8. The number of hydrogen-bond acceptors (Lipinski definition) is 18. The van der Waals surface area contributed by atoms with Crippen molar-refractivity contribution in [3.8, 4) is 0 Å². The number of nitrogens with one attached hydrogen (secondary N) is 1. The Kier molecular flexibility index (Phi) is 12.1. The minimum absolute atomic E-state index is 0.749. The first-order chi connectivity index (χ1) is 20.1. The van der Waals surface area contributed by atoms with Crippen LogP contribution in [0.5, 0.6) is 0 Å². The first kappa shape index (κ1) is 35.8. The highest BCUT2D eigenvalue weighted by Crippen LogP contribution is 2.38. The van der Waals surface area contributed by atoms with E-state index in [4.69, 9.17) is 23.7 Å². The molecule has 16 atom stereocenters. The Hall–Kier alpha value is -1.70. The maximum Gasteiger partial charge on any atom is 0.364 e. The highest BCUT2D eigenvalue weighted by molar-refractivity contribution is 5.76. The molecular weight excluding hydrogens is 594 g/mol. The molecule has 0 radical (unpaired) electrons. The van der Waals surface area contributed by atoms with Crippen LogP contribution < -0.4 is 5.32 Å². The van der Waals surface area contributed by atoms with Crippen LogP contribution in [-0.2, 0) is 33.3 Å². The largest absolute Gasteiger partial charge is 0.477 e. The Balaban J connectivity index is 1.94. The van der Waals surface area contributed by atoms with E-state index in [1.807, 2.05) is 0 Å². The maximum absolute atomic E-state index is 12.5. The van der Waals surface area contributed by atoms with Crippen molar-refractivity contribution >= 4 is 11.9 Å². The third-order valence-corrected chi connectivity index (χ3v) is 7.47. The molecule has 1 amide bonds. The van der Waals surface area contributed by atoms with Gasteiger partial charge in [0, 0.05) is 13.3 Å². The van der Waals surface area contributed by atoms with Gasteiger partial charge in [-0.25, -0.2) is 4.79 Å². The van der Waals surface area contributed by atoms with E-state index in [-0.39, 0.29) is 0 Å². The van der Waals surface area contributed by atoms with Gasteiger partial charge in [0.25, 0.3) is 5.79 Å². The molecule has 0 bridgehead atoms. The molecular formula is C23H39NO19. The molecule has 5 unspecified atom stereocenters. The molecule has 13 N–H and O–H groups in total. The summed E-state index contributed by atoms with van der Waals surface area (Å²) in [6, 6.07) is -1.54. The molecule has 0 aromatic heterocycles. The number of carbonyl (C=O) groups excluding carboxylic acids is 1. The van der Waals surface area contributed by atoms with Crippen molar-refractivity contribution < 1.29 is 94.6 Å². The third-order valence-electron chi connectivity index (χ3n) is 7.47. The molecule has 3 aliphatic rings. The molecule has 20 heteroatoms. The second-order valence-corrected chi connectivity index (χ2v) is 10.5. The quantitative estimate of drug-likeness (QED) is 0.100. The lowest BCUT2D eigenvalue weighted by molar-refractivity contribution is -0.385. The molecule has 0 aromatic carbocycles. The summed E-state index contributed by atoms with van der Waals surface area (Å²) in [4.78, 5) is 24.3. The van der Waals surface area contributed by atoms with Crippen LogP contribution >= 0.6 is 0 Å². The van der Waals surface area contributed by atoms with Crippen molar-refractivity contribution in [1.29, 1.82) is 0 Å². The lowest BCUT2D eigenvalue weighted by Crippen LogP contribution is -2.70. The molecule has 43 heavy (non-hydrogen) atoms. The normalized spacial score (nSPS) is 45.3. The van der Waals surface area contributed by atoms with Crippen LogP contribution in [0.3, 0.4) is 0 Å². The fraction of sp³-hybridized carbons (Fsp3) is 0.913. The molecule has 3 heterocycles. The van der Waals surface area contributed by atoms with Gasteiger partial charge in [-0.1, -0.05) is 0 Å².